The lowest BCUT2D eigenvalue weighted by Gasteiger charge is -2.07. The number of rotatable bonds is 4. The van der Waals surface area contributed by atoms with Crippen LogP contribution < -0.4 is 10.1 Å². The second kappa shape index (κ2) is 4.74. The van der Waals surface area contributed by atoms with Crippen molar-refractivity contribution in [2.24, 2.45) is 7.05 Å². The summed E-state index contributed by atoms with van der Waals surface area (Å²) >= 11 is 0. The fourth-order valence-corrected chi connectivity index (χ4v) is 1.60. The predicted molar refractivity (Wildman–Crippen MR) is 66.1 cm³/mol. The van der Waals surface area contributed by atoms with Crippen LogP contribution in [-0.4, -0.2) is 21.8 Å². The Labute approximate surface area is 103 Å². The van der Waals surface area contributed by atoms with Crippen molar-refractivity contribution >= 4 is 17.2 Å². The standard InChI is InChI=1S/C11H12N4O3/c1-14-7-6-10(13-14)12-8-4-3-5-9(18-2)11(8)15(16)17/h3-7H,1-2H3,(H,12,13). The van der Waals surface area contributed by atoms with E-state index in [1.165, 1.54) is 7.11 Å². The smallest absolute Gasteiger partial charge is 0.334 e. The number of nitrogens with one attached hydrogen (secondary N) is 1. The van der Waals surface area contributed by atoms with Gasteiger partial charge in [-0.1, -0.05) is 6.07 Å². The number of methoxy groups -OCH3 is 1. The second-order valence-corrected chi connectivity index (χ2v) is 3.61. The molecule has 7 nitrogen and oxygen atoms in total. The van der Waals surface area contributed by atoms with Gasteiger partial charge in [0.05, 0.1) is 12.0 Å². The summed E-state index contributed by atoms with van der Waals surface area (Å²) in [6, 6.07) is 6.55. The maximum absolute atomic E-state index is 11.1. The van der Waals surface area contributed by atoms with E-state index >= 15 is 0 Å². The van der Waals surface area contributed by atoms with Gasteiger partial charge in [0.2, 0.25) is 0 Å². The molecule has 7 heteroatoms. The Morgan fingerprint density at radius 1 is 1.44 bits per heavy atom. The molecular formula is C11H12N4O3. The number of aromatic nitrogens is 2. The third-order valence-electron chi connectivity index (χ3n) is 2.38. The summed E-state index contributed by atoms with van der Waals surface area (Å²) in [5, 5.41) is 18.1. The van der Waals surface area contributed by atoms with E-state index in [2.05, 4.69) is 10.4 Å². The van der Waals surface area contributed by atoms with E-state index < -0.39 is 4.92 Å². The number of hydrogen-bond acceptors (Lipinski definition) is 5. The highest BCUT2D eigenvalue weighted by Crippen LogP contribution is 2.35. The van der Waals surface area contributed by atoms with Crippen LogP contribution >= 0.6 is 0 Å². The Hall–Kier alpha value is -2.57. The minimum Gasteiger partial charge on any atom is -0.490 e. The SMILES string of the molecule is COc1cccc(Nc2ccn(C)n2)c1[N+](=O)[O-]. The van der Waals surface area contributed by atoms with E-state index in [0.29, 0.717) is 11.5 Å². The van der Waals surface area contributed by atoms with Crippen LogP contribution in [0.5, 0.6) is 5.75 Å². The largest absolute Gasteiger partial charge is 0.490 e. The van der Waals surface area contributed by atoms with Crippen LogP contribution in [-0.2, 0) is 7.05 Å². The van der Waals surface area contributed by atoms with E-state index in [0.717, 1.165) is 0 Å². The number of anilines is 2. The molecular weight excluding hydrogens is 236 g/mol. The number of benzene rings is 1. The molecule has 1 heterocycles. The van der Waals surface area contributed by atoms with Gasteiger partial charge in [-0.2, -0.15) is 5.10 Å². The lowest BCUT2D eigenvalue weighted by atomic mass is 10.2. The first-order valence-corrected chi connectivity index (χ1v) is 5.20. The van der Waals surface area contributed by atoms with Gasteiger partial charge in [0.25, 0.3) is 0 Å². The van der Waals surface area contributed by atoms with Gasteiger partial charge in [-0.3, -0.25) is 14.8 Å². The number of para-hydroxylation sites is 1. The summed E-state index contributed by atoms with van der Waals surface area (Å²) < 4.78 is 6.59. The number of ether oxygens (including phenoxy) is 1. The van der Waals surface area contributed by atoms with Crippen molar-refractivity contribution in [2.45, 2.75) is 0 Å². The molecule has 0 atom stereocenters. The number of hydrogen-bond donors (Lipinski definition) is 1. The van der Waals surface area contributed by atoms with Gasteiger partial charge in [-0.05, 0) is 12.1 Å². The lowest BCUT2D eigenvalue weighted by molar-refractivity contribution is -0.384. The topological polar surface area (TPSA) is 82.2 Å². The molecule has 1 aromatic carbocycles. The van der Waals surface area contributed by atoms with Crippen LogP contribution in [0.25, 0.3) is 0 Å². The monoisotopic (exact) mass is 248 g/mol. The zero-order chi connectivity index (χ0) is 13.1. The number of aryl methyl sites for hydroxylation is 1. The molecule has 2 aromatic rings. The molecule has 0 radical (unpaired) electrons. The summed E-state index contributed by atoms with van der Waals surface area (Å²) in [6.45, 7) is 0. The average Bonchev–Trinajstić information content (AvgIpc) is 2.74. The van der Waals surface area contributed by atoms with Crippen molar-refractivity contribution in [2.75, 3.05) is 12.4 Å². The van der Waals surface area contributed by atoms with Crippen molar-refractivity contribution in [1.29, 1.82) is 0 Å². The van der Waals surface area contributed by atoms with E-state index in [-0.39, 0.29) is 11.4 Å². The fourth-order valence-electron chi connectivity index (χ4n) is 1.60. The fraction of sp³-hybridized carbons (Fsp3) is 0.182. The first-order valence-electron chi connectivity index (χ1n) is 5.20. The first kappa shape index (κ1) is 11.9. The summed E-state index contributed by atoms with van der Waals surface area (Å²) in [5.41, 5.74) is 0.240. The van der Waals surface area contributed by atoms with Crippen molar-refractivity contribution in [1.82, 2.24) is 9.78 Å². The molecule has 0 bridgehead atoms. The third-order valence-corrected chi connectivity index (χ3v) is 2.38. The Morgan fingerprint density at radius 3 is 2.78 bits per heavy atom. The summed E-state index contributed by atoms with van der Waals surface area (Å²) in [4.78, 5) is 10.6. The molecule has 94 valence electrons. The lowest BCUT2D eigenvalue weighted by Crippen LogP contribution is -2.00. The van der Waals surface area contributed by atoms with Crippen molar-refractivity contribution in [3.8, 4) is 5.75 Å². The van der Waals surface area contributed by atoms with E-state index in [4.69, 9.17) is 4.74 Å². The molecule has 1 N–H and O–H groups in total. The quantitative estimate of drug-likeness (QED) is 0.661. The van der Waals surface area contributed by atoms with E-state index in [1.807, 2.05) is 0 Å². The number of nitro groups is 1. The second-order valence-electron chi connectivity index (χ2n) is 3.61. The molecule has 0 aliphatic heterocycles. The summed E-state index contributed by atoms with van der Waals surface area (Å²) in [5.74, 6) is 0.745. The van der Waals surface area contributed by atoms with Gasteiger partial charge >= 0.3 is 5.69 Å². The van der Waals surface area contributed by atoms with Crippen LogP contribution in [0.15, 0.2) is 30.5 Å². The molecule has 0 saturated heterocycles. The molecule has 0 unspecified atom stereocenters. The summed E-state index contributed by atoms with van der Waals surface area (Å²) in [7, 11) is 3.16. The van der Waals surface area contributed by atoms with Gasteiger partial charge < -0.3 is 10.1 Å². The van der Waals surface area contributed by atoms with Gasteiger partial charge in [0.1, 0.15) is 5.69 Å². The molecule has 0 fully saturated rings. The van der Waals surface area contributed by atoms with Crippen LogP contribution in [0.4, 0.5) is 17.2 Å². The molecule has 0 aliphatic rings. The summed E-state index contributed by atoms with van der Waals surface area (Å²) in [6.07, 6.45) is 1.74. The van der Waals surface area contributed by atoms with E-state index in [9.17, 15) is 10.1 Å². The van der Waals surface area contributed by atoms with Crippen molar-refractivity contribution < 1.29 is 9.66 Å². The highest BCUT2D eigenvalue weighted by atomic mass is 16.6. The number of nitro benzene ring substituents is 1. The number of nitrogens with zero attached hydrogens (tertiary/aromatic N) is 3. The van der Waals surface area contributed by atoms with Crippen LogP contribution in [0.2, 0.25) is 0 Å². The van der Waals surface area contributed by atoms with Crippen molar-refractivity contribution in [3.63, 3.8) is 0 Å². The van der Waals surface area contributed by atoms with E-state index in [1.54, 1.807) is 42.2 Å². The Kier molecular flexibility index (Phi) is 3.13. The maximum atomic E-state index is 11.1. The predicted octanol–water partition coefficient (Wildman–Crippen LogP) is 2.08. The molecule has 2 rings (SSSR count). The van der Waals surface area contributed by atoms with Gasteiger partial charge in [-0.15, -0.1) is 0 Å². The average molecular weight is 248 g/mol. The van der Waals surface area contributed by atoms with Crippen LogP contribution in [0, 0.1) is 10.1 Å². The van der Waals surface area contributed by atoms with Gasteiger partial charge in [0.15, 0.2) is 11.6 Å². The Morgan fingerprint density at radius 2 is 2.22 bits per heavy atom. The maximum Gasteiger partial charge on any atom is 0.334 e. The molecule has 0 aliphatic carbocycles. The first-order chi connectivity index (χ1) is 8.61. The molecule has 1 aromatic heterocycles. The zero-order valence-corrected chi connectivity index (χ0v) is 9.95. The third kappa shape index (κ3) is 2.24. The Bertz CT molecular complexity index is 579. The van der Waals surface area contributed by atoms with Gasteiger partial charge in [0, 0.05) is 19.3 Å². The highest BCUT2D eigenvalue weighted by molar-refractivity contribution is 5.72. The minimum atomic E-state index is -0.482. The highest BCUT2D eigenvalue weighted by Gasteiger charge is 2.20. The molecule has 0 saturated carbocycles. The minimum absolute atomic E-state index is 0.106. The zero-order valence-electron chi connectivity index (χ0n) is 9.95. The molecule has 18 heavy (non-hydrogen) atoms. The van der Waals surface area contributed by atoms with Gasteiger partial charge in [-0.25, -0.2) is 0 Å². The molecule has 0 spiro atoms. The van der Waals surface area contributed by atoms with Crippen molar-refractivity contribution in [3.05, 3.63) is 40.6 Å². The Balaban J connectivity index is 2.41. The normalized spacial score (nSPS) is 10.1. The van der Waals surface area contributed by atoms with Crippen LogP contribution in [0.1, 0.15) is 0 Å². The van der Waals surface area contributed by atoms with Crippen LogP contribution in [0.3, 0.4) is 0 Å². The molecule has 0 amide bonds.